The molecule has 0 radical (unpaired) electrons. The summed E-state index contributed by atoms with van der Waals surface area (Å²) in [7, 11) is 0. The van der Waals surface area contributed by atoms with Crippen molar-refractivity contribution in [3.8, 4) is 0 Å². The number of rotatable bonds is 49. The highest BCUT2D eigenvalue weighted by Crippen LogP contribution is 2.41. The molecule has 5 aliphatic heterocycles. The number of hydrogen-bond donors (Lipinski definition) is 6. The number of aliphatic carboxylic acids is 1. The Hall–Kier alpha value is -7.53. The van der Waals surface area contributed by atoms with Gasteiger partial charge in [0.05, 0.1) is 19.3 Å². The average Bonchev–Trinajstić information content (AvgIpc) is 0.725. The minimum absolute atomic E-state index is 0.214. The number of aliphatic hydroxyl groups excluding tert-OH is 5. The van der Waals surface area contributed by atoms with Crippen molar-refractivity contribution in [1.82, 2.24) is 0 Å². The van der Waals surface area contributed by atoms with Gasteiger partial charge in [0.25, 0.3) is 0 Å². The lowest BCUT2D eigenvalue weighted by Gasteiger charge is -2.51. The molecule has 0 spiro atoms. The van der Waals surface area contributed by atoms with Crippen LogP contribution >= 0.6 is 0 Å². The number of carbonyl (C=O) groups excluding carboxylic acids is 12. The third-order valence-electron chi connectivity index (χ3n) is 19.2. The summed E-state index contributed by atoms with van der Waals surface area (Å²) >= 11 is 0. The van der Waals surface area contributed by atoms with E-state index in [4.69, 9.17) is 109 Å². The molecule has 0 aliphatic carbocycles. The molecule has 0 bridgehead atoms. The first-order valence-corrected chi connectivity index (χ1v) is 39.9. The van der Waals surface area contributed by atoms with Gasteiger partial charge < -0.3 is 140 Å². The molecule has 1 unspecified atom stereocenters. The number of unbranched alkanes of at least 4 members (excludes halogenated alkanes) is 13. The zero-order valence-corrected chi connectivity index (χ0v) is 69.4. The fraction of sp³-hybridized carbons (Fsp3) is 0.831. The van der Waals surface area contributed by atoms with Crippen molar-refractivity contribution in [3.05, 3.63) is 0 Å². The highest BCUT2D eigenvalue weighted by Gasteiger charge is 2.62. The summed E-state index contributed by atoms with van der Waals surface area (Å²) in [5, 5.41) is 67.5. The number of hydrogen-bond acceptors (Lipinski definition) is 41. The fourth-order valence-corrected chi connectivity index (χ4v) is 14.0. The van der Waals surface area contributed by atoms with Crippen LogP contribution in [-0.4, -0.2) is 320 Å². The smallest absolute Gasteiger partial charge is 0.347 e. The molecule has 0 amide bonds. The van der Waals surface area contributed by atoms with Gasteiger partial charge in [-0.15, -0.1) is 0 Å². The number of ether oxygens (including phenoxy) is 23. The van der Waals surface area contributed by atoms with Crippen LogP contribution in [0.3, 0.4) is 0 Å². The van der Waals surface area contributed by atoms with Gasteiger partial charge in [-0.1, -0.05) is 96.8 Å². The second-order valence-electron chi connectivity index (χ2n) is 29.3. The van der Waals surface area contributed by atoms with Crippen LogP contribution in [0.25, 0.3) is 0 Å². The van der Waals surface area contributed by atoms with Crippen molar-refractivity contribution in [2.75, 3.05) is 46.2 Å². The topological polar surface area (TPSA) is 556 Å². The molecule has 0 aromatic heterocycles. The van der Waals surface area contributed by atoms with Gasteiger partial charge in [-0.05, 0) is 19.3 Å². The quantitative estimate of drug-likeness (QED) is 0.0285. The molecule has 42 nitrogen and oxygen atoms in total. The van der Waals surface area contributed by atoms with E-state index >= 15 is 0 Å². The van der Waals surface area contributed by atoms with Crippen LogP contribution in [0.4, 0.5) is 0 Å². The largest absolute Gasteiger partial charge is 0.478 e. The molecule has 5 heterocycles. The summed E-state index contributed by atoms with van der Waals surface area (Å²) in [5.74, 6) is -13.2. The van der Waals surface area contributed by atoms with Crippen LogP contribution in [0.15, 0.2) is 0 Å². The summed E-state index contributed by atoms with van der Waals surface area (Å²) in [6, 6.07) is 0. The molecule has 5 aliphatic rings. The van der Waals surface area contributed by atoms with Crippen molar-refractivity contribution in [2.45, 2.75) is 365 Å². The van der Waals surface area contributed by atoms with E-state index < -0.39 is 276 Å². The average molecular weight is 1720 g/mol. The Balaban J connectivity index is 1.53. The number of carboxylic acids is 1. The van der Waals surface area contributed by atoms with Gasteiger partial charge in [-0.3, -0.25) is 57.5 Å². The highest BCUT2D eigenvalue weighted by molar-refractivity contribution is 5.77. The molecule has 680 valence electrons. The summed E-state index contributed by atoms with van der Waals surface area (Å²) in [4.78, 5) is 165. The van der Waals surface area contributed by atoms with Gasteiger partial charge in [-0.25, -0.2) is 4.79 Å². The number of carbonyl (C=O) groups is 13. The van der Waals surface area contributed by atoms with Crippen molar-refractivity contribution >= 4 is 77.6 Å². The highest BCUT2D eigenvalue weighted by atomic mass is 16.8. The van der Waals surface area contributed by atoms with Crippen LogP contribution in [0.5, 0.6) is 0 Å². The Morgan fingerprint density at radius 1 is 0.311 bits per heavy atom. The Bertz CT molecular complexity index is 3230. The molecule has 119 heavy (non-hydrogen) atoms. The fourth-order valence-electron chi connectivity index (χ4n) is 14.0. The Labute approximate surface area is 688 Å². The number of aliphatic hydroxyl groups is 5. The molecular weight excluding hydrogens is 1600 g/mol. The molecule has 0 aromatic rings. The standard InChI is InChI=1S/C77H120O42/c1-14-29-50(30-27-25-23-21-19-17-15-16-18-20-22-24-26-28-31-97-33-56(72(95)96)102-42(6)83)110-74-65(118-76-69(108-48(12)89)66(105-45(9)86)62(103-43(7)84)53(113-76)35-99-39(3)80)60(94)61(51(32-78)111-74)116-75-70(109-49(13)90)68(107-47(11)88)64(55(115-75)37-101-41(5)82)117-77-71(119-73-59(93)58(92)57(91)52(112-73)34-98-38(2)79)67(106-46(10)87)63(104-44(8)85)54(114-77)36-100-40(4)81/h50-71,73-78,91-94H,14-37H2,1-13H3,(H,95,96)/t50-,51-,52-,53-,54-,55-,56-,57-,58+,59-,60?,61-,62-,63-,64-,65-,66+,67+,68+,69-,70-,71-,73+,74-,75+,76+,77+/m1/s1. The van der Waals surface area contributed by atoms with Crippen LogP contribution in [0.2, 0.25) is 0 Å². The lowest BCUT2D eigenvalue weighted by atomic mass is 9.94. The van der Waals surface area contributed by atoms with Gasteiger partial charge in [0, 0.05) is 89.7 Å². The zero-order valence-electron chi connectivity index (χ0n) is 69.4. The van der Waals surface area contributed by atoms with Crippen molar-refractivity contribution in [1.29, 1.82) is 0 Å². The lowest BCUT2D eigenvalue weighted by Crippen LogP contribution is -2.69. The van der Waals surface area contributed by atoms with Crippen LogP contribution < -0.4 is 0 Å². The van der Waals surface area contributed by atoms with E-state index in [1.54, 1.807) is 0 Å². The first-order chi connectivity index (χ1) is 56.3. The van der Waals surface area contributed by atoms with Crippen LogP contribution in [0, 0.1) is 0 Å². The summed E-state index contributed by atoms with van der Waals surface area (Å²) in [5.41, 5.74) is 0. The molecule has 0 aromatic carbocycles. The Morgan fingerprint density at radius 2 is 0.647 bits per heavy atom. The van der Waals surface area contributed by atoms with E-state index in [9.17, 15) is 93.0 Å². The maximum absolute atomic E-state index is 13.7. The minimum Gasteiger partial charge on any atom is -0.478 e. The first-order valence-electron chi connectivity index (χ1n) is 39.9. The second kappa shape index (κ2) is 52.1. The van der Waals surface area contributed by atoms with E-state index in [-0.39, 0.29) is 6.61 Å². The third-order valence-corrected chi connectivity index (χ3v) is 19.2. The molecule has 5 rings (SSSR count). The molecule has 0 saturated carbocycles. The van der Waals surface area contributed by atoms with Gasteiger partial charge >= 0.3 is 77.6 Å². The van der Waals surface area contributed by atoms with E-state index in [0.717, 1.165) is 167 Å². The van der Waals surface area contributed by atoms with E-state index in [1.807, 2.05) is 6.92 Å². The van der Waals surface area contributed by atoms with E-state index in [2.05, 4.69) is 0 Å². The van der Waals surface area contributed by atoms with Gasteiger partial charge in [-0.2, -0.15) is 0 Å². The first kappa shape index (κ1) is 102. The van der Waals surface area contributed by atoms with Crippen molar-refractivity contribution in [3.63, 3.8) is 0 Å². The summed E-state index contributed by atoms with van der Waals surface area (Å²) in [6.45, 7) is 9.42. The number of carboxylic acid groups (broad SMARTS) is 1. The maximum Gasteiger partial charge on any atom is 0.347 e. The van der Waals surface area contributed by atoms with Crippen LogP contribution in [0.1, 0.15) is 199 Å². The number of esters is 12. The maximum atomic E-state index is 13.7. The minimum atomic E-state index is -2.27. The molecule has 42 heteroatoms. The van der Waals surface area contributed by atoms with Gasteiger partial charge in [0.15, 0.2) is 80.3 Å². The van der Waals surface area contributed by atoms with E-state index in [1.165, 1.54) is 0 Å². The SMILES string of the molecule is CCC[C@H](CCCCCCCCCCCCCCCCOC[C@@H](OC(C)=O)C(=O)O)O[C@@H]1O[C@H](CO)[C@@H](O[C@@H]2O[C@H](COC(C)=O)[C@@H](O[C@@H]3O[C@H](COC(C)=O)[C@@H](OC(C)=O)[C@H](OC(C)=O)[C@H]3O[C@@H]3O[C@H](COC(C)=O)[C@@H](O)[C@H](O)[C@H]3O)[C@H](OC(C)=O)[C@H]2OC(C)=O)C(O)[C@H]1O[C@@H]1O[C@H](COC(C)=O)[C@@H](OC(C)=O)[C@H](OC(C)=O)[C@H]1OC(C)=O. The lowest BCUT2D eigenvalue weighted by molar-refractivity contribution is -0.402. The van der Waals surface area contributed by atoms with Crippen molar-refractivity contribution < 1.29 is 202 Å². The van der Waals surface area contributed by atoms with Gasteiger partial charge in [0.2, 0.25) is 6.10 Å². The van der Waals surface area contributed by atoms with Crippen molar-refractivity contribution in [2.24, 2.45) is 0 Å². The molecular formula is C77H120O42. The van der Waals surface area contributed by atoms with Crippen LogP contribution in [-0.2, 0) is 171 Å². The zero-order chi connectivity index (χ0) is 88.3. The summed E-state index contributed by atoms with van der Waals surface area (Å²) in [6.07, 6.45) is -37.5. The third kappa shape index (κ3) is 34.4. The predicted octanol–water partition coefficient (Wildman–Crippen LogP) is 1.43. The van der Waals surface area contributed by atoms with Gasteiger partial charge in [0.1, 0.15) is 99.7 Å². The molecule has 5 saturated heterocycles. The Morgan fingerprint density at radius 3 is 1.05 bits per heavy atom. The Kier molecular flexibility index (Phi) is 44.6. The second-order valence-corrected chi connectivity index (χ2v) is 29.3. The monoisotopic (exact) mass is 1720 g/mol. The summed E-state index contributed by atoms with van der Waals surface area (Å²) < 4.78 is 136. The molecule has 6 N–H and O–H groups in total. The molecule has 27 atom stereocenters. The predicted molar refractivity (Wildman–Crippen MR) is 392 cm³/mol. The normalized spacial score (nSPS) is 31.1. The van der Waals surface area contributed by atoms with E-state index in [0.29, 0.717) is 32.3 Å². The molecule has 5 fully saturated rings.